The van der Waals surface area contributed by atoms with Gasteiger partial charge in [0, 0.05) is 12.8 Å². The number of carbonyl (C=O) groups excluding carboxylic acids is 1. The van der Waals surface area contributed by atoms with Gasteiger partial charge >= 0.3 is 0 Å². The molecule has 1 aliphatic heterocycles. The summed E-state index contributed by atoms with van der Waals surface area (Å²) in [6.07, 6.45) is 3.48. The van der Waals surface area contributed by atoms with Crippen molar-refractivity contribution < 1.29 is 17.7 Å². The van der Waals surface area contributed by atoms with Crippen LogP contribution in [-0.4, -0.2) is 49.6 Å². The zero-order valence-electron chi connectivity index (χ0n) is 11.3. The van der Waals surface area contributed by atoms with Crippen LogP contribution in [-0.2, 0) is 9.84 Å². The van der Waals surface area contributed by atoms with Crippen LogP contribution in [0.25, 0.3) is 0 Å². The van der Waals surface area contributed by atoms with Crippen LogP contribution in [0.3, 0.4) is 0 Å². The number of nitrogens with one attached hydrogen (secondary N) is 2. The molecule has 0 saturated carbocycles. The highest BCUT2D eigenvalue weighted by Gasteiger charge is 2.24. The van der Waals surface area contributed by atoms with Crippen molar-refractivity contribution >= 4 is 15.7 Å². The predicted molar refractivity (Wildman–Crippen MR) is 70.9 cm³/mol. The molecule has 20 heavy (non-hydrogen) atoms. The Labute approximate surface area is 117 Å². The fourth-order valence-electron chi connectivity index (χ4n) is 1.98. The minimum Gasteiger partial charge on any atom is -0.349 e. The van der Waals surface area contributed by atoms with Crippen molar-refractivity contribution in [3.8, 4) is 0 Å². The molecule has 0 bridgehead atoms. The molecule has 0 aromatic carbocycles. The Kier molecular flexibility index (Phi) is 4.71. The van der Waals surface area contributed by atoms with E-state index in [1.807, 2.05) is 0 Å². The van der Waals surface area contributed by atoms with Gasteiger partial charge in [-0.25, -0.2) is 8.42 Å². The first kappa shape index (κ1) is 14.9. The maximum atomic E-state index is 11.7. The summed E-state index contributed by atoms with van der Waals surface area (Å²) in [6.45, 7) is 1.16. The smallest absolute Gasteiger partial charge is 0.292 e. The molecule has 1 fully saturated rings. The number of aromatic nitrogens is 2. The van der Waals surface area contributed by atoms with Gasteiger partial charge in [0.2, 0.25) is 5.89 Å². The summed E-state index contributed by atoms with van der Waals surface area (Å²) in [5.41, 5.74) is 0. The van der Waals surface area contributed by atoms with Crippen molar-refractivity contribution in [3.63, 3.8) is 0 Å². The molecule has 9 heteroatoms. The monoisotopic (exact) mass is 302 g/mol. The number of nitrogens with zero attached hydrogens (tertiary/aromatic N) is 2. The lowest BCUT2D eigenvalue weighted by Crippen LogP contribution is -2.27. The third-order valence-electron chi connectivity index (χ3n) is 2.98. The molecule has 2 rings (SSSR count). The van der Waals surface area contributed by atoms with E-state index >= 15 is 0 Å². The predicted octanol–water partition coefficient (Wildman–Crippen LogP) is -0.341. The summed E-state index contributed by atoms with van der Waals surface area (Å²) < 4.78 is 26.9. The highest BCUT2D eigenvalue weighted by molar-refractivity contribution is 7.90. The highest BCUT2D eigenvalue weighted by Crippen LogP contribution is 2.20. The third-order valence-corrected chi connectivity index (χ3v) is 4.01. The van der Waals surface area contributed by atoms with E-state index in [-0.39, 0.29) is 24.2 Å². The minimum atomic E-state index is -3.00. The summed E-state index contributed by atoms with van der Waals surface area (Å²) in [5, 5.41) is 9.40. The molecule has 8 nitrogen and oxygen atoms in total. The third kappa shape index (κ3) is 4.27. The van der Waals surface area contributed by atoms with E-state index in [2.05, 4.69) is 20.8 Å². The first-order chi connectivity index (χ1) is 9.46. The molecule has 1 amide bonds. The summed E-state index contributed by atoms with van der Waals surface area (Å²) in [4.78, 5) is 15.8. The summed E-state index contributed by atoms with van der Waals surface area (Å²) in [6, 6.07) is 0.0225. The van der Waals surface area contributed by atoms with Crippen LogP contribution in [0, 0.1) is 0 Å². The Balaban J connectivity index is 1.80. The van der Waals surface area contributed by atoms with Gasteiger partial charge in [0.1, 0.15) is 9.84 Å². The Hall–Kier alpha value is -1.48. The standard InChI is InChI=1S/C11H18N4O4S/c1-20(17,18)7-3-6-13-10(16)9-14-11(19-15-9)8-4-2-5-12-8/h8,12H,2-7H2,1H3,(H,13,16). The normalized spacial score (nSPS) is 19.1. The minimum absolute atomic E-state index is 0.0203. The molecular formula is C11H18N4O4S. The van der Waals surface area contributed by atoms with Crippen molar-refractivity contribution in [2.24, 2.45) is 0 Å². The number of hydrogen-bond acceptors (Lipinski definition) is 7. The molecule has 1 aromatic rings. The number of hydrogen-bond donors (Lipinski definition) is 2. The second kappa shape index (κ2) is 6.31. The van der Waals surface area contributed by atoms with Crippen LogP contribution in [0.5, 0.6) is 0 Å². The molecule has 0 spiro atoms. The van der Waals surface area contributed by atoms with Crippen molar-refractivity contribution in [1.29, 1.82) is 0 Å². The molecule has 1 saturated heterocycles. The molecule has 0 aliphatic carbocycles. The van der Waals surface area contributed by atoms with Crippen LogP contribution < -0.4 is 10.6 Å². The van der Waals surface area contributed by atoms with E-state index in [4.69, 9.17) is 4.52 Å². The molecule has 2 heterocycles. The van der Waals surface area contributed by atoms with Gasteiger partial charge in [0.05, 0.1) is 11.8 Å². The van der Waals surface area contributed by atoms with Gasteiger partial charge in [-0.15, -0.1) is 0 Å². The Bertz CT molecular complexity index is 563. The number of amides is 1. The zero-order chi connectivity index (χ0) is 14.6. The van der Waals surface area contributed by atoms with Crippen LogP contribution in [0.15, 0.2) is 4.52 Å². The lowest BCUT2D eigenvalue weighted by Gasteiger charge is -2.02. The lowest BCUT2D eigenvalue weighted by atomic mass is 10.2. The van der Waals surface area contributed by atoms with Gasteiger partial charge in [-0.2, -0.15) is 4.98 Å². The van der Waals surface area contributed by atoms with Crippen molar-refractivity contribution in [3.05, 3.63) is 11.7 Å². The largest absolute Gasteiger partial charge is 0.349 e. The number of carbonyl (C=O) groups is 1. The van der Waals surface area contributed by atoms with Crippen LogP contribution in [0.2, 0.25) is 0 Å². The van der Waals surface area contributed by atoms with E-state index in [0.29, 0.717) is 12.3 Å². The quantitative estimate of drug-likeness (QED) is 0.691. The second-order valence-electron chi connectivity index (χ2n) is 4.84. The molecule has 0 radical (unpaired) electrons. The van der Waals surface area contributed by atoms with Gasteiger partial charge in [0.25, 0.3) is 11.7 Å². The zero-order valence-corrected chi connectivity index (χ0v) is 12.1. The van der Waals surface area contributed by atoms with E-state index in [0.717, 1.165) is 25.6 Å². The average molecular weight is 302 g/mol. The van der Waals surface area contributed by atoms with E-state index in [1.165, 1.54) is 0 Å². The first-order valence-corrected chi connectivity index (χ1v) is 8.55. The maximum absolute atomic E-state index is 11.7. The summed E-state index contributed by atoms with van der Waals surface area (Å²) >= 11 is 0. The molecule has 1 aromatic heterocycles. The molecule has 112 valence electrons. The molecular weight excluding hydrogens is 284 g/mol. The second-order valence-corrected chi connectivity index (χ2v) is 7.10. The highest BCUT2D eigenvalue weighted by atomic mass is 32.2. The lowest BCUT2D eigenvalue weighted by molar-refractivity contribution is 0.0940. The average Bonchev–Trinajstić information content (AvgIpc) is 3.02. The van der Waals surface area contributed by atoms with Gasteiger partial charge in [-0.3, -0.25) is 4.79 Å². The fraction of sp³-hybridized carbons (Fsp3) is 0.727. The Morgan fingerprint density at radius 3 is 3.00 bits per heavy atom. The maximum Gasteiger partial charge on any atom is 0.292 e. The summed E-state index contributed by atoms with van der Waals surface area (Å²) in [5.74, 6) is -0.0140. The van der Waals surface area contributed by atoms with E-state index in [1.54, 1.807) is 0 Å². The van der Waals surface area contributed by atoms with Crippen molar-refractivity contribution in [1.82, 2.24) is 20.8 Å². The van der Waals surface area contributed by atoms with E-state index in [9.17, 15) is 13.2 Å². The fourth-order valence-corrected chi connectivity index (χ4v) is 2.65. The van der Waals surface area contributed by atoms with Crippen LogP contribution in [0.1, 0.15) is 41.8 Å². The molecule has 1 unspecified atom stereocenters. The topological polar surface area (TPSA) is 114 Å². The van der Waals surface area contributed by atoms with Crippen LogP contribution in [0.4, 0.5) is 0 Å². The van der Waals surface area contributed by atoms with Gasteiger partial charge < -0.3 is 15.2 Å². The number of rotatable bonds is 6. The molecule has 1 atom stereocenters. The van der Waals surface area contributed by atoms with E-state index < -0.39 is 15.7 Å². The van der Waals surface area contributed by atoms with Crippen LogP contribution >= 0.6 is 0 Å². The van der Waals surface area contributed by atoms with Gasteiger partial charge in [-0.1, -0.05) is 5.16 Å². The summed E-state index contributed by atoms with van der Waals surface area (Å²) in [7, 11) is -3.00. The Morgan fingerprint density at radius 1 is 1.55 bits per heavy atom. The molecule has 2 N–H and O–H groups in total. The SMILES string of the molecule is CS(=O)(=O)CCCNC(=O)c1noc(C2CCCN2)n1. The Morgan fingerprint density at radius 2 is 2.35 bits per heavy atom. The van der Waals surface area contributed by atoms with Gasteiger partial charge in [0.15, 0.2) is 0 Å². The molecule has 1 aliphatic rings. The van der Waals surface area contributed by atoms with Gasteiger partial charge in [-0.05, 0) is 25.8 Å². The van der Waals surface area contributed by atoms with Crippen molar-refractivity contribution in [2.45, 2.75) is 25.3 Å². The van der Waals surface area contributed by atoms with Crippen molar-refractivity contribution in [2.75, 3.05) is 25.1 Å². The number of sulfone groups is 1. The first-order valence-electron chi connectivity index (χ1n) is 6.48.